The standard InChI is InChI=1S/C12H11NO2S/c13-12(14)11-5-8-4-7-2-1-3-15-9(7)6-10(8)16-11/h4-6H,1-3H2,(H2,13,14). The van der Waals surface area contributed by atoms with Gasteiger partial charge in [0.15, 0.2) is 0 Å². The van der Waals surface area contributed by atoms with Gasteiger partial charge in [-0.05, 0) is 42.0 Å². The normalized spacial score (nSPS) is 14.5. The van der Waals surface area contributed by atoms with Crippen LogP contribution in [0.5, 0.6) is 5.75 Å². The molecule has 1 amide bonds. The van der Waals surface area contributed by atoms with Gasteiger partial charge in [-0.3, -0.25) is 4.79 Å². The highest BCUT2D eigenvalue weighted by Gasteiger charge is 2.14. The summed E-state index contributed by atoms with van der Waals surface area (Å²) in [5.41, 5.74) is 6.50. The number of thiophene rings is 1. The molecular formula is C12H11NO2S. The first-order chi connectivity index (χ1) is 7.74. The first-order valence-corrected chi connectivity index (χ1v) is 6.05. The van der Waals surface area contributed by atoms with Gasteiger partial charge in [0.2, 0.25) is 0 Å². The average molecular weight is 233 g/mol. The minimum absolute atomic E-state index is 0.361. The van der Waals surface area contributed by atoms with E-state index in [-0.39, 0.29) is 5.91 Å². The topological polar surface area (TPSA) is 52.3 Å². The molecule has 0 saturated heterocycles. The van der Waals surface area contributed by atoms with Crippen LogP contribution in [-0.2, 0) is 6.42 Å². The Kier molecular flexibility index (Phi) is 2.11. The van der Waals surface area contributed by atoms with Crippen LogP contribution in [0.3, 0.4) is 0 Å². The highest BCUT2D eigenvalue weighted by atomic mass is 32.1. The van der Waals surface area contributed by atoms with Gasteiger partial charge in [-0.1, -0.05) is 0 Å². The summed E-state index contributed by atoms with van der Waals surface area (Å²) >= 11 is 1.42. The Morgan fingerprint density at radius 2 is 2.25 bits per heavy atom. The smallest absolute Gasteiger partial charge is 0.258 e. The third kappa shape index (κ3) is 1.46. The number of hydrogen-bond donors (Lipinski definition) is 1. The van der Waals surface area contributed by atoms with Gasteiger partial charge in [0, 0.05) is 4.70 Å². The summed E-state index contributed by atoms with van der Waals surface area (Å²) in [5, 5.41) is 1.09. The van der Waals surface area contributed by atoms with Crippen LogP contribution in [0.4, 0.5) is 0 Å². The first kappa shape index (κ1) is 9.66. The van der Waals surface area contributed by atoms with Crippen molar-refractivity contribution in [1.29, 1.82) is 0 Å². The van der Waals surface area contributed by atoms with Crippen LogP contribution in [-0.4, -0.2) is 12.5 Å². The molecule has 82 valence electrons. The Bertz CT molecular complexity index is 531. The van der Waals surface area contributed by atoms with E-state index in [1.807, 2.05) is 12.1 Å². The van der Waals surface area contributed by atoms with Gasteiger partial charge < -0.3 is 10.5 Å². The summed E-state index contributed by atoms with van der Waals surface area (Å²) in [5.74, 6) is 0.594. The van der Waals surface area contributed by atoms with E-state index in [4.69, 9.17) is 10.5 Å². The summed E-state index contributed by atoms with van der Waals surface area (Å²) < 4.78 is 6.66. The molecule has 1 aromatic heterocycles. The Balaban J connectivity index is 2.20. The Labute approximate surface area is 96.8 Å². The summed E-state index contributed by atoms with van der Waals surface area (Å²) in [7, 11) is 0. The van der Waals surface area contributed by atoms with Crippen molar-refractivity contribution >= 4 is 27.3 Å². The van der Waals surface area contributed by atoms with Crippen LogP contribution in [0.1, 0.15) is 21.7 Å². The predicted molar refractivity (Wildman–Crippen MR) is 64.2 cm³/mol. The van der Waals surface area contributed by atoms with E-state index in [0.29, 0.717) is 4.88 Å². The van der Waals surface area contributed by atoms with Gasteiger partial charge in [0.25, 0.3) is 5.91 Å². The second kappa shape index (κ2) is 3.49. The van der Waals surface area contributed by atoms with Gasteiger partial charge in [-0.15, -0.1) is 11.3 Å². The Morgan fingerprint density at radius 3 is 3.06 bits per heavy atom. The molecule has 2 N–H and O–H groups in total. The minimum atomic E-state index is -0.361. The van der Waals surface area contributed by atoms with Crippen LogP contribution in [0.2, 0.25) is 0 Å². The summed E-state index contributed by atoms with van der Waals surface area (Å²) in [6.45, 7) is 0.784. The van der Waals surface area contributed by atoms with Crippen molar-refractivity contribution in [2.45, 2.75) is 12.8 Å². The van der Waals surface area contributed by atoms with Crippen molar-refractivity contribution in [2.75, 3.05) is 6.61 Å². The molecule has 3 nitrogen and oxygen atoms in total. The molecule has 0 atom stereocenters. The maximum absolute atomic E-state index is 11.1. The minimum Gasteiger partial charge on any atom is -0.493 e. The zero-order chi connectivity index (χ0) is 11.1. The molecule has 0 saturated carbocycles. The summed E-state index contributed by atoms with van der Waals surface area (Å²) in [6, 6.07) is 5.98. The second-order valence-electron chi connectivity index (χ2n) is 3.92. The van der Waals surface area contributed by atoms with Gasteiger partial charge in [-0.2, -0.15) is 0 Å². The maximum atomic E-state index is 11.1. The number of hydrogen-bond acceptors (Lipinski definition) is 3. The molecule has 0 radical (unpaired) electrons. The number of rotatable bonds is 1. The van der Waals surface area contributed by atoms with Gasteiger partial charge in [0.05, 0.1) is 11.5 Å². The van der Waals surface area contributed by atoms with Gasteiger partial charge in [0.1, 0.15) is 5.75 Å². The summed E-state index contributed by atoms with van der Waals surface area (Å²) in [4.78, 5) is 11.7. The van der Waals surface area contributed by atoms with E-state index in [1.165, 1.54) is 16.9 Å². The lowest BCUT2D eigenvalue weighted by atomic mass is 10.0. The third-order valence-corrected chi connectivity index (χ3v) is 3.90. The lowest BCUT2D eigenvalue weighted by Gasteiger charge is -2.16. The van der Waals surface area contributed by atoms with E-state index in [0.717, 1.165) is 35.3 Å². The molecule has 0 bridgehead atoms. The number of primary amides is 1. The van der Waals surface area contributed by atoms with Crippen LogP contribution in [0.25, 0.3) is 10.1 Å². The molecular weight excluding hydrogens is 222 g/mol. The zero-order valence-corrected chi connectivity index (χ0v) is 9.47. The molecule has 3 rings (SSSR count). The lowest BCUT2D eigenvalue weighted by Crippen LogP contribution is -2.08. The number of carbonyl (C=O) groups excluding carboxylic acids is 1. The van der Waals surface area contributed by atoms with E-state index in [9.17, 15) is 4.79 Å². The van der Waals surface area contributed by atoms with Crippen LogP contribution >= 0.6 is 11.3 Å². The zero-order valence-electron chi connectivity index (χ0n) is 8.66. The molecule has 0 fully saturated rings. The number of benzene rings is 1. The Hall–Kier alpha value is -1.55. The quantitative estimate of drug-likeness (QED) is 0.821. The fourth-order valence-electron chi connectivity index (χ4n) is 2.01. The number of amides is 1. The molecule has 0 spiro atoms. The number of aryl methyl sites for hydroxylation is 1. The molecule has 1 aliphatic heterocycles. The van der Waals surface area contributed by atoms with Crippen molar-refractivity contribution in [3.63, 3.8) is 0 Å². The monoisotopic (exact) mass is 233 g/mol. The molecule has 4 heteroatoms. The van der Waals surface area contributed by atoms with Crippen molar-refractivity contribution in [1.82, 2.24) is 0 Å². The fourth-order valence-corrected chi connectivity index (χ4v) is 2.94. The van der Waals surface area contributed by atoms with Crippen molar-refractivity contribution in [3.05, 3.63) is 28.6 Å². The third-order valence-electron chi connectivity index (χ3n) is 2.79. The SMILES string of the molecule is NC(=O)c1cc2cc3c(cc2s1)OCCC3. The second-order valence-corrected chi connectivity index (χ2v) is 5.01. The van der Waals surface area contributed by atoms with Crippen LogP contribution in [0, 0.1) is 0 Å². The fraction of sp³-hybridized carbons (Fsp3) is 0.250. The van der Waals surface area contributed by atoms with Crippen molar-refractivity contribution in [3.8, 4) is 5.75 Å². The van der Waals surface area contributed by atoms with Gasteiger partial charge >= 0.3 is 0 Å². The van der Waals surface area contributed by atoms with Crippen LogP contribution in [0.15, 0.2) is 18.2 Å². The van der Waals surface area contributed by atoms with Crippen LogP contribution < -0.4 is 10.5 Å². The molecule has 0 aliphatic carbocycles. The van der Waals surface area contributed by atoms with Crippen molar-refractivity contribution in [2.24, 2.45) is 5.73 Å². The highest BCUT2D eigenvalue weighted by molar-refractivity contribution is 7.20. The van der Waals surface area contributed by atoms with E-state index >= 15 is 0 Å². The predicted octanol–water partition coefficient (Wildman–Crippen LogP) is 2.33. The number of carbonyl (C=O) groups is 1. The molecule has 16 heavy (non-hydrogen) atoms. The molecule has 1 aromatic carbocycles. The molecule has 2 heterocycles. The average Bonchev–Trinajstić information content (AvgIpc) is 2.68. The van der Waals surface area contributed by atoms with E-state index in [2.05, 4.69) is 6.07 Å². The largest absolute Gasteiger partial charge is 0.493 e. The lowest BCUT2D eigenvalue weighted by molar-refractivity contribution is 0.100. The van der Waals surface area contributed by atoms with E-state index in [1.54, 1.807) is 0 Å². The van der Waals surface area contributed by atoms with Crippen molar-refractivity contribution < 1.29 is 9.53 Å². The Morgan fingerprint density at radius 1 is 1.38 bits per heavy atom. The molecule has 0 unspecified atom stereocenters. The molecule has 1 aliphatic rings. The van der Waals surface area contributed by atoms with Gasteiger partial charge in [-0.25, -0.2) is 0 Å². The summed E-state index contributed by atoms with van der Waals surface area (Å²) in [6.07, 6.45) is 2.11. The number of ether oxygens (including phenoxy) is 1. The number of fused-ring (bicyclic) bond motifs is 2. The van der Waals surface area contributed by atoms with E-state index < -0.39 is 0 Å². The highest BCUT2D eigenvalue weighted by Crippen LogP contribution is 2.34. The first-order valence-electron chi connectivity index (χ1n) is 5.23. The maximum Gasteiger partial charge on any atom is 0.258 e. The number of nitrogens with two attached hydrogens (primary N) is 1. The molecule has 2 aromatic rings.